The highest BCUT2D eigenvalue weighted by Gasteiger charge is 2.19. The zero-order valence-corrected chi connectivity index (χ0v) is 17.2. The van der Waals surface area contributed by atoms with Gasteiger partial charge in [0, 0.05) is 23.0 Å². The van der Waals surface area contributed by atoms with Gasteiger partial charge in [-0.1, -0.05) is 0 Å². The Morgan fingerprint density at radius 1 is 1.00 bits per heavy atom. The Morgan fingerprint density at radius 2 is 1.64 bits per heavy atom. The molecular weight excluding hydrogens is 354 g/mol. The summed E-state index contributed by atoms with van der Waals surface area (Å²) in [7, 11) is 0. The van der Waals surface area contributed by atoms with Crippen LogP contribution >= 0.6 is 0 Å². The maximum absolute atomic E-state index is 12.6. The Labute approximate surface area is 164 Å². The summed E-state index contributed by atoms with van der Waals surface area (Å²) in [5.74, 6) is -0.756. The fraction of sp³-hybridized carbons (Fsp3) is 0.364. The number of Topliss-reactive ketones (excluding diaryl/α,β-unsaturated/α-hetero) is 1. The van der Waals surface area contributed by atoms with Gasteiger partial charge >= 0.3 is 5.97 Å². The fourth-order valence-corrected chi connectivity index (χ4v) is 3.50. The Bertz CT molecular complexity index is 1080. The number of esters is 1. The maximum Gasteiger partial charge on any atom is 0.338 e. The third-order valence-corrected chi connectivity index (χ3v) is 4.95. The van der Waals surface area contributed by atoms with Crippen LogP contribution < -0.4 is 0 Å². The predicted octanol–water partition coefficient (Wildman–Crippen LogP) is 4.29. The molecule has 3 aromatic rings. The highest BCUT2D eigenvalue weighted by atomic mass is 16.5. The normalized spacial score (nSPS) is 11.2. The van der Waals surface area contributed by atoms with Gasteiger partial charge in [0.25, 0.3) is 0 Å². The molecule has 146 valence electrons. The number of hydrogen-bond donors (Lipinski definition) is 0. The molecule has 0 atom stereocenters. The number of rotatable bonds is 5. The Kier molecular flexibility index (Phi) is 5.31. The molecule has 2 aromatic heterocycles. The van der Waals surface area contributed by atoms with Crippen molar-refractivity contribution in [3.8, 4) is 0 Å². The second kappa shape index (κ2) is 7.54. The number of benzene rings is 1. The molecule has 0 unspecified atom stereocenters. The van der Waals surface area contributed by atoms with Crippen molar-refractivity contribution >= 4 is 22.8 Å². The van der Waals surface area contributed by atoms with Crippen LogP contribution in [-0.2, 0) is 4.74 Å². The fourth-order valence-electron chi connectivity index (χ4n) is 3.50. The highest BCUT2D eigenvalue weighted by molar-refractivity contribution is 6.01. The van der Waals surface area contributed by atoms with Crippen molar-refractivity contribution < 1.29 is 14.3 Å². The lowest BCUT2D eigenvalue weighted by Crippen LogP contribution is -2.15. The van der Waals surface area contributed by atoms with Gasteiger partial charge in [-0.25, -0.2) is 14.8 Å². The molecule has 0 bridgehead atoms. The van der Waals surface area contributed by atoms with Crippen molar-refractivity contribution in [2.45, 2.75) is 47.6 Å². The highest BCUT2D eigenvalue weighted by Crippen LogP contribution is 2.21. The van der Waals surface area contributed by atoms with Crippen molar-refractivity contribution in [2.24, 2.45) is 0 Å². The van der Waals surface area contributed by atoms with E-state index in [4.69, 9.17) is 4.74 Å². The van der Waals surface area contributed by atoms with Crippen LogP contribution in [0.4, 0.5) is 0 Å². The van der Waals surface area contributed by atoms with E-state index >= 15 is 0 Å². The van der Waals surface area contributed by atoms with Crippen LogP contribution in [0.3, 0.4) is 0 Å². The molecule has 0 saturated carbocycles. The van der Waals surface area contributed by atoms with Gasteiger partial charge in [-0.05, 0) is 65.8 Å². The van der Waals surface area contributed by atoms with Crippen LogP contribution in [0, 0.1) is 27.7 Å². The molecule has 28 heavy (non-hydrogen) atoms. The molecule has 0 amide bonds. The van der Waals surface area contributed by atoms with Gasteiger partial charge < -0.3 is 9.30 Å². The number of aryl methyl sites for hydroxylation is 3. The molecule has 0 radical (unpaired) electrons. The first kappa shape index (κ1) is 19.7. The van der Waals surface area contributed by atoms with Gasteiger partial charge in [-0.2, -0.15) is 0 Å². The van der Waals surface area contributed by atoms with Crippen LogP contribution in [0.25, 0.3) is 11.0 Å². The van der Waals surface area contributed by atoms with Gasteiger partial charge in [0.2, 0.25) is 5.78 Å². The minimum atomic E-state index is -0.548. The largest absolute Gasteiger partial charge is 0.454 e. The summed E-state index contributed by atoms with van der Waals surface area (Å²) in [4.78, 5) is 33.9. The first-order valence-electron chi connectivity index (χ1n) is 9.32. The van der Waals surface area contributed by atoms with Gasteiger partial charge in [0.15, 0.2) is 6.61 Å². The maximum atomic E-state index is 12.6. The van der Waals surface area contributed by atoms with Gasteiger partial charge in [-0.3, -0.25) is 4.79 Å². The van der Waals surface area contributed by atoms with Crippen molar-refractivity contribution in [3.05, 3.63) is 58.2 Å². The third-order valence-electron chi connectivity index (χ3n) is 4.95. The van der Waals surface area contributed by atoms with E-state index in [0.29, 0.717) is 16.6 Å². The quantitative estimate of drug-likeness (QED) is 0.488. The number of ether oxygens (including phenoxy) is 1. The predicted molar refractivity (Wildman–Crippen MR) is 108 cm³/mol. The van der Waals surface area contributed by atoms with Crippen molar-refractivity contribution in [3.63, 3.8) is 0 Å². The molecule has 2 heterocycles. The van der Waals surface area contributed by atoms with E-state index in [1.807, 2.05) is 33.8 Å². The molecule has 3 rings (SSSR count). The second-order valence-corrected chi connectivity index (χ2v) is 7.35. The molecule has 1 aromatic carbocycles. The molecule has 0 aliphatic heterocycles. The Morgan fingerprint density at radius 3 is 2.25 bits per heavy atom. The van der Waals surface area contributed by atoms with E-state index in [2.05, 4.69) is 28.4 Å². The van der Waals surface area contributed by atoms with Crippen LogP contribution in [0.15, 0.2) is 24.3 Å². The van der Waals surface area contributed by atoms with Crippen molar-refractivity contribution in [1.82, 2.24) is 14.5 Å². The number of aromatic nitrogens is 3. The number of nitrogens with zero attached hydrogens (tertiary/aromatic N) is 3. The lowest BCUT2D eigenvalue weighted by Gasteiger charge is -2.13. The molecule has 0 spiro atoms. The van der Waals surface area contributed by atoms with Crippen molar-refractivity contribution in [2.75, 3.05) is 6.61 Å². The number of carbonyl (C=O) groups is 2. The molecule has 0 fully saturated rings. The number of hydrogen-bond acceptors (Lipinski definition) is 5. The van der Waals surface area contributed by atoms with E-state index in [-0.39, 0.29) is 18.4 Å². The first-order valence-corrected chi connectivity index (χ1v) is 9.32. The second-order valence-electron chi connectivity index (χ2n) is 7.35. The number of ketones is 1. The summed E-state index contributed by atoms with van der Waals surface area (Å²) in [5.41, 5.74) is 5.86. The molecule has 6 heteroatoms. The summed E-state index contributed by atoms with van der Waals surface area (Å²) >= 11 is 0. The summed E-state index contributed by atoms with van der Waals surface area (Å²) in [6.45, 7) is 11.5. The Balaban J connectivity index is 1.75. The number of fused-ring (bicyclic) bond motifs is 1. The summed E-state index contributed by atoms with van der Waals surface area (Å²) in [5, 5.41) is 0. The molecule has 0 aliphatic carbocycles. The molecule has 0 aliphatic rings. The van der Waals surface area contributed by atoms with Gasteiger partial charge in [-0.15, -0.1) is 0 Å². The van der Waals surface area contributed by atoms with E-state index in [9.17, 15) is 9.59 Å². The average molecular weight is 379 g/mol. The average Bonchev–Trinajstić information content (AvgIpc) is 2.94. The lowest BCUT2D eigenvalue weighted by atomic mass is 10.1. The molecule has 0 saturated heterocycles. The third kappa shape index (κ3) is 3.67. The smallest absolute Gasteiger partial charge is 0.338 e. The molecular formula is C22H25N3O3. The SMILES string of the molecule is Cc1nc2ccc(C(=O)OCC(=O)c3cc(C)n(C(C)C)c3C)cc2nc1C. The summed E-state index contributed by atoms with van der Waals surface area (Å²) in [6.07, 6.45) is 0. The molecule has 0 N–H and O–H groups in total. The minimum Gasteiger partial charge on any atom is -0.454 e. The first-order chi connectivity index (χ1) is 13.2. The van der Waals surface area contributed by atoms with Gasteiger partial charge in [0.05, 0.1) is 28.0 Å². The summed E-state index contributed by atoms with van der Waals surface area (Å²) < 4.78 is 7.36. The Hall–Kier alpha value is -3.02. The zero-order chi connectivity index (χ0) is 20.6. The zero-order valence-electron chi connectivity index (χ0n) is 17.2. The van der Waals surface area contributed by atoms with Crippen molar-refractivity contribution in [1.29, 1.82) is 0 Å². The monoisotopic (exact) mass is 379 g/mol. The lowest BCUT2D eigenvalue weighted by molar-refractivity contribution is 0.0474. The van der Waals surface area contributed by atoms with Crippen LogP contribution in [0.5, 0.6) is 0 Å². The minimum absolute atomic E-state index is 0.208. The van der Waals surface area contributed by atoms with E-state index in [1.165, 1.54) is 0 Å². The van der Waals surface area contributed by atoms with Crippen LogP contribution in [0.2, 0.25) is 0 Å². The van der Waals surface area contributed by atoms with E-state index in [0.717, 1.165) is 28.3 Å². The van der Waals surface area contributed by atoms with E-state index < -0.39 is 5.97 Å². The number of carbonyl (C=O) groups excluding carboxylic acids is 2. The van der Waals surface area contributed by atoms with Gasteiger partial charge in [0.1, 0.15) is 0 Å². The van der Waals surface area contributed by atoms with Crippen LogP contribution in [0.1, 0.15) is 63.4 Å². The van der Waals surface area contributed by atoms with E-state index in [1.54, 1.807) is 18.2 Å². The summed E-state index contributed by atoms with van der Waals surface area (Å²) in [6, 6.07) is 7.14. The topological polar surface area (TPSA) is 74.1 Å². The standard InChI is InChI=1S/C22H25N3O3/c1-12(2)25-13(3)9-18(16(25)6)21(26)11-28-22(27)17-7-8-19-20(10-17)24-15(5)14(4)23-19/h7-10,12H,11H2,1-6H3. The molecule has 6 nitrogen and oxygen atoms in total. The van der Waals surface area contributed by atoms with Crippen LogP contribution in [-0.4, -0.2) is 32.9 Å².